The summed E-state index contributed by atoms with van der Waals surface area (Å²) in [5.41, 5.74) is 6.84. The molecule has 282 valence electrons. The zero-order valence-corrected chi connectivity index (χ0v) is 34.6. The molecule has 4 aromatic carbocycles. The molecule has 1 aromatic heterocycles. The Bertz CT molecular complexity index is 2530. The summed E-state index contributed by atoms with van der Waals surface area (Å²) in [5, 5.41) is 11.5. The highest BCUT2D eigenvalue weighted by molar-refractivity contribution is 9.11. The molecule has 2 heterocycles. The lowest BCUT2D eigenvalue weighted by Gasteiger charge is -2.23. The molecule has 10 heteroatoms. The maximum Gasteiger partial charge on any atom is 0.361 e. The Morgan fingerprint density at radius 2 is 1.14 bits per heavy atom. The van der Waals surface area contributed by atoms with Crippen LogP contribution in [-0.2, 0) is 9.53 Å². The van der Waals surface area contributed by atoms with Crippen LogP contribution in [0.4, 0.5) is 0 Å². The molecule has 1 aliphatic carbocycles. The second-order valence-corrected chi connectivity index (χ2v) is 14.6. The van der Waals surface area contributed by atoms with Gasteiger partial charge in [-0.1, -0.05) is 42.5 Å². The van der Waals surface area contributed by atoms with Crippen molar-refractivity contribution in [3.8, 4) is 45.6 Å². The second-order valence-electron chi connectivity index (χ2n) is 13.1. The first kappa shape index (κ1) is 38.4. The van der Waals surface area contributed by atoms with E-state index < -0.39 is 0 Å². The summed E-state index contributed by atoms with van der Waals surface area (Å²) < 4.78 is 36.7. The number of methoxy groups -OCH3 is 4. The summed E-state index contributed by atoms with van der Waals surface area (Å²) >= 11 is 7.09. The zero-order chi connectivity index (χ0) is 39.7. The van der Waals surface area contributed by atoms with E-state index >= 15 is 0 Å². The summed E-state index contributed by atoms with van der Waals surface area (Å²) in [6, 6.07) is 26.8. The van der Waals surface area contributed by atoms with Crippen molar-refractivity contribution in [3.63, 3.8) is 0 Å². The topological polar surface area (TPSA) is 94.8 Å². The lowest BCUT2D eigenvalue weighted by atomic mass is 9.85. The summed E-state index contributed by atoms with van der Waals surface area (Å²) in [6.07, 6.45) is 7.02. The van der Waals surface area contributed by atoms with Crippen LogP contribution >= 0.6 is 31.9 Å². The van der Waals surface area contributed by atoms with Gasteiger partial charge in [-0.05, 0) is 123 Å². The number of hydrogen-bond acceptors (Lipinski definition) is 7. The van der Waals surface area contributed by atoms with Gasteiger partial charge >= 0.3 is 11.5 Å². The van der Waals surface area contributed by atoms with Gasteiger partial charge in [0.15, 0.2) is 0 Å². The van der Waals surface area contributed by atoms with Crippen molar-refractivity contribution in [1.29, 1.82) is 0 Å². The molecular formula is C46H37Br2O8+. The fourth-order valence-electron chi connectivity index (χ4n) is 6.53. The Kier molecular flexibility index (Phi) is 11.0. The number of ketones is 1. The molecule has 56 heavy (non-hydrogen) atoms. The second kappa shape index (κ2) is 16.1. The molecule has 2 aliphatic rings. The molecule has 7 rings (SSSR count). The van der Waals surface area contributed by atoms with Crippen LogP contribution < -0.4 is 18.9 Å². The van der Waals surface area contributed by atoms with Crippen LogP contribution in [0.1, 0.15) is 27.8 Å². The van der Waals surface area contributed by atoms with Gasteiger partial charge in [0.05, 0.1) is 62.8 Å². The third-order valence-electron chi connectivity index (χ3n) is 9.53. The van der Waals surface area contributed by atoms with Gasteiger partial charge in [0.2, 0.25) is 5.78 Å². The van der Waals surface area contributed by atoms with E-state index in [4.69, 9.17) is 28.1 Å². The minimum Gasteiger partial charge on any atom is -0.506 e. The number of rotatable bonds is 10. The molecule has 0 amide bonds. The molecule has 0 unspecified atom stereocenters. The zero-order valence-electron chi connectivity index (χ0n) is 31.5. The quantitative estimate of drug-likeness (QED) is 0.109. The number of carbonyl (C=O) groups excluding carboxylic acids is 1. The fourth-order valence-corrected chi connectivity index (χ4v) is 7.63. The van der Waals surface area contributed by atoms with Crippen molar-refractivity contribution in [3.05, 3.63) is 162 Å². The predicted octanol–water partition coefficient (Wildman–Crippen LogP) is 11.9. The number of aliphatic hydroxyl groups excluding tert-OH is 1. The third-order valence-corrected chi connectivity index (χ3v) is 11.1. The van der Waals surface area contributed by atoms with Gasteiger partial charge in [0, 0.05) is 11.1 Å². The lowest BCUT2D eigenvalue weighted by Crippen LogP contribution is -2.21. The van der Waals surface area contributed by atoms with Gasteiger partial charge in [-0.25, -0.2) is 4.42 Å². The van der Waals surface area contributed by atoms with Gasteiger partial charge in [0.1, 0.15) is 49.2 Å². The van der Waals surface area contributed by atoms with E-state index in [1.54, 1.807) is 40.6 Å². The summed E-state index contributed by atoms with van der Waals surface area (Å²) in [6.45, 7) is 4.01. The van der Waals surface area contributed by atoms with Crippen molar-refractivity contribution < 1.29 is 38.0 Å². The maximum absolute atomic E-state index is 13.9. The number of benzene rings is 4. The van der Waals surface area contributed by atoms with Gasteiger partial charge < -0.3 is 28.8 Å². The van der Waals surface area contributed by atoms with Crippen molar-refractivity contribution in [2.45, 2.75) is 13.8 Å². The first-order valence-corrected chi connectivity index (χ1v) is 19.1. The number of ether oxygens (including phenoxy) is 5. The Morgan fingerprint density at radius 1 is 0.643 bits per heavy atom. The molecule has 0 saturated carbocycles. The minimum absolute atomic E-state index is 0.117. The third kappa shape index (κ3) is 7.42. The molecule has 8 nitrogen and oxygen atoms in total. The molecule has 0 atom stereocenters. The summed E-state index contributed by atoms with van der Waals surface area (Å²) in [7, 11) is 6.32. The molecule has 5 aromatic rings. The van der Waals surface area contributed by atoms with E-state index in [2.05, 4.69) is 31.9 Å². The molecule has 0 spiro atoms. The van der Waals surface area contributed by atoms with Crippen LogP contribution in [0.25, 0.3) is 40.2 Å². The highest BCUT2D eigenvalue weighted by Crippen LogP contribution is 2.43. The molecule has 0 fully saturated rings. The number of aryl methyl sites for hydroxylation is 2. The van der Waals surface area contributed by atoms with Crippen molar-refractivity contribution in [2.24, 2.45) is 0 Å². The number of Topliss-reactive ketones (excluding diaryl/α,β-unsaturated/α-hetero) is 1. The Balaban J connectivity index is 1.33. The van der Waals surface area contributed by atoms with Gasteiger partial charge in [-0.2, -0.15) is 0 Å². The molecule has 0 bridgehead atoms. The first-order valence-electron chi connectivity index (χ1n) is 17.5. The van der Waals surface area contributed by atoms with Gasteiger partial charge in [0.25, 0.3) is 0 Å². The van der Waals surface area contributed by atoms with E-state index in [9.17, 15) is 9.90 Å². The van der Waals surface area contributed by atoms with E-state index in [0.717, 1.165) is 22.3 Å². The molecule has 0 saturated heterocycles. The molecule has 1 aliphatic heterocycles. The van der Waals surface area contributed by atoms with E-state index in [1.165, 1.54) is 0 Å². The number of halogens is 2. The predicted molar refractivity (Wildman–Crippen MR) is 226 cm³/mol. The maximum atomic E-state index is 13.9. The highest BCUT2D eigenvalue weighted by Gasteiger charge is 2.34. The van der Waals surface area contributed by atoms with Gasteiger partial charge in [-0.3, -0.25) is 4.79 Å². The summed E-state index contributed by atoms with van der Waals surface area (Å²) in [5.74, 6) is 4.01. The SMILES string of the molecule is COc1cc(C2=CC(=CC3=C(O)C(=Cc4cc(-c5cc(OC)c(Br)c(OC)c5)[o+]c(-c5ccccc5C)c4)C3=O)C=C(c3ccccc3C)O2)cc(OC)c1Br. The Morgan fingerprint density at radius 3 is 1.68 bits per heavy atom. The van der Waals surface area contributed by atoms with Crippen molar-refractivity contribution >= 4 is 55.2 Å². The van der Waals surface area contributed by atoms with Crippen LogP contribution in [0.15, 0.2) is 139 Å². The van der Waals surface area contributed by atoms with Crippen LogP contribution in [-0.4, -0.2) is 39.3 Å². The largest absolute Gasteiger partial charge is 0.506 e. The van der Waals surface area contributed by atoms with Crippen LogP contribution in [0.2, 0.25) is 0 Å². The van der Waals surface area contributed by atoms with Crippen molar-refractivity contribution in [1.82, 2.24) is 0 Å². The fraction of sp³-hybridized carbons (Fsp3) is 0.130. The highest BCUT2D eigenvalue weighted by atomic mass is 79.9. The normalized spacial score (nSPS) is 15.2. The lowest BCUT2D eigenvalue weighted by molar-refractivity contribution is -0.113. The molecule has 0 radical (unpaired) electrons. The Hall–Kier alpha value is -5.84. The van der Waals surface area contributed by atoms with E-state index in [1.807, 2.05) is 111 Å². The molecule has 1 N–H and O–H groups in total. The van der Waals surface area contributed by atoms with Crippen LogP contribution in [0.5, 0.6) is 23.0 Å². The first-order chi connectivity index (χ1) is 27.0. The van der Waals surface area contributed by atoms with Crippen LogP contribution in [0, 0.1) is 13.8 Å². The Labute approximate surface area is 341 Å². The summed E-state index contributed by atoms with van der Waals surface area (Å²) in [4.78, 5) is 13.9. The standard InChI is InChI=1S/C46H36Br2O8/c1-25-11-7-9-13-31(25)37-19-27(17-35(55-37)29-21-39(51-3)43(47)40(22-29)52-4)15-33-45(49)34(46(33)50)16-28-18-36(30-23-41(53-5)44(48)42(24-30)54-6)56-38(20-28)32-14-10-8-12-26(32)2/h7-24H,1-6H3/p+1. The average Bonchev–Trinajstić information content (AvgIpc) is 3.22. The van der Waals surface area contributed by atoms with Gasteiger partial charge in [-0.15, -0.1) is 0 Å². The number of carbonyl (C=O) groups is 1. The number of aliphatic hydroxyl groups is 1. The van der Waals surface area contributed by atoms with Crippen LogP contribution in [0.3, 0.4) is 0 Å². The smallest absolute Gasteiger partial charge is 0.361 e. The van der Waals surface area contributed by atoms with E-state index in [0.29, 0.717) is 77.2 Å². The van der Waals surface area contributed by atoms with E-state index in [-0.39, 0.29) is 22.7 Å². The molecular weight excluding hydrogens is 840 g/mol. The monoisotopic (exact) mass is 875 g/mol. The van der Waals surface area contributed by atoms with Crippen molar-refractivity contribution in [2.75, 3.05) is 28.4 Å². The number of allylic oxidation sites excluding steroid dienone is 6. The average molecular weight is 878 g/mol. The number of hydrogen-bond donors (Lipinski definition) is 1. The minimum atomic E-state index is -0.305.